The van der Waals surface area contributed by atoms with Crippen molar-refractivity contribution in [3.05, 3.63) is 81.5 Å². The standard InChI is InChI=1S/C19H10Cl2F4N2O4/c20-13-8-14(30-11-3-5-12(6-4-11)31-19(23,24)25)15(17(22)16(13)21)18(28)26-10-2-1-7-27(29)9-10/h1-9H,(H,26,28). The third-order valence-electron chi connectivity index (χ3n) is 3.67. The highest BCUT2D eigenvalue weighted by molar-refractivity contribution is 6.42. The van der Waals surface area contributed by atoms with Gasteiger partial charge in [0.1, 0.15) is 28.5 Å². The minimum atomic E-state index is -4.87. The second kappa shape index (κ2) is 8.86. The van der Waals surface area contributed by atoms with Crippen LogP contribution in [0.2, 0.25) is 10.0 Å². The molecule has 31 heavy (non-hydrogen) atoms. The van der Waals surface area contributed by atoms with E-state index in [0.29, 0.717) is 4.73 Å². The van der Waals surface area contributed by atoms with Gasteiger partial charge in [0, 0.05) is 12.1 Å². The van der Waals surface area contributed by atoms with Crippen molar-refractivity contribution in [1.82, 2.24) is 0 Å². The summed E-state index contributed by atoms with van der Waals surface area (Å²) in [5.74, 6) is -3.11. The molecule has 1 heterocycles. The van der Waals surface area contributed by atoms with Gasteiger partial charge >= 0.3 is 6.36 Å². The molecular weight excluding hydrogens is 467 g/mol. The lowest BCUT2D eigenvalue weighted by Gasteiger charge is -2.15. The fraction of sp³-hybridized carbons (Fsp3) is 0.0526. The van der Waals surface area contributed by atoms with Crippen molar-refractivity contribution in [3.63, 3.8) is 0 Å². The first-order valence-corrected chi connectivity index (χ1v) is 9.00. The maximum absolute atomic E-state index is 14.7. The molecule has 1 N–H and O–H groups in total. The number of hydrogen-bond acceptors (Lipinski definition) is 4. The Bertz CT molecular complexity index is 1130. The van der Waals surface area contributed by atoms with Crippen molar-refractivity contribution >= 4 is 34.8 Å². The van der Waals surface area contributed by atoms with Gasteiger partial charge in [-0.2, -0.15) is 4.73 Å². The fourth-order valence-electron chi connectivity index (χ4n) is 2.42. The Kier molecular flexibility index (Phi) is 6.42. The molecule has 3 aromatic rings. The first kappa shape index (κ1) is 22.4. The summed E-state index contributed by atoms with van der Waals surface area (Å²) in [6.45, 7) is 0. The Hall–Kier alpha value is -3.24. The molecule has 3 rings (SSSR count). The van der Waals surface area contributed by atoms with Gasteiger partial charge in [0.15, 0.2) is 12.0 Å². The molecule has 0 radical (unpaired) electrons. The molecule has 0 unspecified atom stereocenters. The molecule has 1 aromatic heterocycles. The molecule has 0 spiro atoms. The van der Waals surface area contributed by atoms with Gasteiger partial charge in [0.2, 0.25) is 6.20 Å². The van der Waals surface area contributed by atoms with Crippen molar-refractivity contribution in [2.24, 2.45) is 0 Å². The molecule has 0 atom stereocenters. The van der Waals surface area contributed by atoms with Gasteiger partial charge in [-0.1, -0.05) is 23.2 Å². The van der Waals surface area contributed by atoms with Crippen LogP contribution in [-0.2, 0) is 0 Å². The van der Waals surface area contributed by atoms with Crippen molar-refractivity contribution in [2.45, 2.75) is 6.36 Å². The van der Waals surface area contributed by atoms with Crippen molar-refractivity contribution in [3.8, 4) is 17.2 Å². The molecule has 162 valence electrons. The van der Waals surface area contributed by atoms with E-state index in [9.17, 15) is 27.6 Å². The van der Waals surface area contributed by atoms with Gasteiger partial charge in [-0.3, -0.25) is 4.79 Å². The highest BCUT2D eigenvalue weighted by atomic mass is 35.5. The maximum Gasteiger partial charge on any atom is 0.573 e. The van der Waals surface area contributed by atoms with E-state index < -0.39 is 34.4 Å². The van der Waals surface area contributed by atoms with Crippen LogP contribution in [0.5, 0.6) is 17.2 Å². The van der Waals surface area contributed by atoms with E-state index in [-0.39, 0.29) is 22.2 Å². The maximum atomic E-state index is 14.7. The second-order valence-corrected chi connectivity index (χ2v) is 6.67. The third kappa shape index (κ3) is 5.68. The van der Waals surface area contributed by atoms with Crippen LogP contribution in [0.1, 0.15) is 10.4 Å². The Morgan fingerprint density at radius 2 is 1.74 bits per heavy atom. The predicted octanol–water partition coefficient (Wildman–Crippen LogP) is 5.71. The summed E-state index contributed by atoms with van der Waals surface area (Å²) in [6, 6.07) is 7.97. The summed E-state index contributed by atoms with van der Waals surface area (Å²) >= 11 is 11.7. The van der Waals surface area contributed by atoms with Crippen LogP contribution in [-0.4, -0.2) is 12.3 Å². The van der Waals surface area contributed by atoms with E-state index in [1.807, 2.05) is 0 Å². The smallest absolute Gasteiger partial charge is 0.573 e. The number of ether oxygens (including phenoxy) is 2. The Morgan fingerprint density at radius 3 is 2.35 bits per heavy atom. The lowest BCUT2D eigenvalue weighted by Crippen LogP contribution is -2.26. The number of amides is 1. The van der Waals surface area contributed by atoms with Crippen LogP contribution in [0.15, 0.2) is 54.9 Å². The Labute approximate surface area is 182 Å². The summed E-state index contributed by atoms with van der Waals surface area (Å²) in [5.41, 5.74) is -0.570. The minimum Gasteiger partial charge on any atom is -0.619 e. The molecule has 0 aliphatic carbocycles. The number of benzene rings is 2. The minimum absolute atomic E-state index is 0.0431. The zero-order chi connectivity index (χ0) is 22.8. The molecule has 0 saturated carbocycles. The average Bonchev–Trinajstić information content (AvgIpc) is 2.66. The second-order valence-electron chi connectivity index (χ2n) is 5.89. The summed E-state index contributed by atoms with van der Waals surface area (Å²) in [5, 5.41) is 12.9. The number of anilines is 1. The molecule has 0 aliphatic heterocycles. The van der Waals surface area contributed by atoms with E-state index in [1.165, 1.54) is 18.3 Å². The van der Waals surface area contributed by atoms with Gasteiger partial charge in [0.25, 0.3) is 5.91 Å². The molecule has 0 fully saturated rings. The topological polar surface area (TPSA) is 74.5 Å². The summed E-state index contributed by atoms with van der Waals surface area (Å²) < 4.78 is 61.2. The molecular formula is C19H10Cl2F4N2O4. The molecule has 0 aliphatic rings. The predicted molar refractivity (Wildman–Crippen MR) is 103 cm³/mol. The number of hydrogen-bond donors (Lipinski definition) is 1. The van der Waals surface area contributed by atoms with Gasteiger partial charge in [-0.15, -0.1) is 13.2 Å². The first-order chi connectivity index (χ1) is 14.5. The van der Waals surface area contributed by atoms with E-state index in [0.717, 1.165) is 36.5 Å². The van der Waals surface area contributed by atoms with Crippen LogP contribution in [0, 0.1) is 11.0 Å². The summed E-state index contributed by atoms with van der Waals surface area (Å²) in [6.07, 6.45) is -2.66. The van der Waals surface area contributed by atoms with Crippen LogP contribution in [0.25, 0.3) is 0 Å². The van der Waals surface area contributed by atoms with Crippen molar-refractivity contribution in [2.75, 3.05) is 5.32 Å². The van der Waals surface area contributed by atoms with E-state index in [4.69, 9.17) is 27.9 Å². The number of pyridine rings is 1. The van der Waals surface area contributed by atoms with Gasteiger partial charge in [-0.25, -0.2) is 4.39 Å². The van der Waals surface area contributed by atoms with Gasteiger partial charge < -0.3 is 20.0 Å². The molecule has 2 aromatic carbocycles. The van der Waals surface area contributed by atoms with Crippen LogP contribution < -0.4 is 19.5 Å². The van der Waals surface area contributed by atoms with E-state index >= 15 is 0 Å². The van der Waals surface area contributed by atoms with Crippen LogP contribution in [0.3, 0.4) is 0 Å². The number of carbonyl (C=O) groups excluding carboxylic acids is 1. The number of alkyl halides is 3. The third-order valence-corrected chi connectivity index (χ3v) is 4.44. The largest absolute Gasteiger partial charge is 0.619 e. The zero-order valence-electron chi connectivity index (χ0n) is 15.0. The lowest BCUT2D eigenvalue weighted by atomic mass is 10.1. The van der Waals surface area contributed by atoms with E-state index in [1.54, 1.807) is 0 Å². The summed E-state index contributed by atoms with van der Waals surface area (Å²) in [4.78, 5) is 12.6. The van der Waals surface area contributed by atoms with E-state index in [2.05, 4.69) is 10.1 Å². The normalized spacial score (nSPS) is 11.2. The monoisotopic (exact) mass is 476 g/mol. The molecule has 12 heteroatoms. The molecule has 6 nitrogen and oxygen atoms in total. The highest BCUT2D eigenvalue weighted by Gasteiger charge is 2.31. The quantitative estimate of drug-likeness (QED) is 0.221. The van der Waals surface area contributed by atoms with Crippen LogP contribution >= 0.6 is 23.2 Å². The number of nitrogens with zero attached hydrogens (tertiary/aromatic N) is 1. The average molecular weight is 477 g/mol. The Morgan fingerprint density at radius 1 is 1.10 bits per heavy atom. The van der Waals surface area contributed by atoms with Crippen LogP contribution in [0.4, 0.5) is 23.2 Å². The van der Waals surface area contributed by atoms with Gasteiger partial charge in [-0.05, 0) is 30.3 Å². The summed E-state index contributed by atoms with van der Waals surface area (Å²) in [7, 11) is 0. The number of halogens is 6. The number of rotatable bonds is 5. The SMILES string of the molecule is O=C(Nc1ccc[n+]([O-])c1)c1c(Oc2ccc(OC(F)(F)F)cc2)cc(Cl)c(Cl)c1F. The molecule has 0 bridgehead atoms. The molecule has 1 amide bonds. The first-order valence-electron chi connectivity index (χ1n) is 8.25. The fourth-order valence-corrected chi connectivity index (χ4v) is 2.76. The Balaban J connectivity index is 1.92. The zero-order valence-corrected chi connectivity index (χ0v) is 16.6. The van der Waals surface area contributed by atoms with Crippen molar-refractivity contribution < 1.29 is 36.6 Å². The lowest BCUT2D eigenvalue weighted by molar-refractivity contribution is -0.604. The number of aromatic nitrogens is 1. The molecule has 0 saturated heterocycles. The number of nitrogens with one attached hydrogen (secondary N) is 1. The number of carbonyl (C=O) groups is 1. The van der Waals surface area contributed by atoms with Crippen molar-refractivity contribution in [1.29, 1.82) is 0 Å². The highest BCUT2D eigenvalue weighted by Crippen LogP contribution is 2.37. The van der Waals surface area contributed by atoms with Gasteiger partial charge in [0.05, 0.1) is 10.0 Å².